The van der Waals surface area contributed by atoms with Crippen molar-refractivity contribution in [3.8, 4) is 10.8 Å². The Bertz CT molecular complexity index is 588. The van der Waals surface area contributed by atoms with Crippen LogP contribution in [0, 0.1) is 0 Å². The van der Waals surface area contributed by atoms with Crippen molar-refractivity contribution in [2.24, 2.45) is 0 Å². The van der Waals surface area contributed by atoms with Crippen LogP contribution in [-0.2, 0) is 11.3 Å². The number of nitrogens with zero attached hydrogens (tertiary/aromatic N) is 3. The summed E-state index contributed by atoms with van der Waals surface area (Å²) in [6, 6.07) is 3.96. The number of aliphatic hydroxyl groups excluding tert-OH is 1. The molecular formula is C14H17N3O3S. The first-order chi connectivity index (χ1) is 10.3. The number of carbonyl (C=O) groups excluding carboxylic acids is 1. The Balaban J connectivity index is 1.55. The quantitative estimate of drug-likeness (QED) is 0.914. The van der Waals surface area contributed by atoms with E-state index >= 15 is 0 Å². The van der Waals surface area contributed by atoms with Gasteiger partial charge in [0.1, 0.15) is 12.9 Å². The Morgan fingerprint density at radius 2 is 2.19 bits per heavy atom. The molecule has 1 amide bonds. The van der Waals surface area contributed by atoms with Crippen molar-refractivity contribution in [3.63, 3.8) is 0 Å². The lowest BCUT2D eigenvalue weighted by atomic mass is 10.3. The second-order valence-corrected chi connectivity index (χ2v) is 5.88. The normalized spacial score (nSPS) is 16.3. The number of aliphatic hydroxyl groups is 1. The molecule has 1 fully saturated rings. The van der Waals surface area contributed by atoms with E-state index in [1.165, 1.54) is 0 Å². The summed E-state index contributed by atoms with van der Waals surface area (Å²) in [5.74, 6) is 0.463. The fraction of sp³-hybridized carbons (Fsp3) is 0.429. The molecule has 2 aromatic heterocycles. The van der Waals surface area contributed by atoms with Gasteiger partial charge in [0.2, 0.25) is 11.8 Å². The molecule has 1 aliphatic heterocycles. The Morgan fingerprint density at radius 1 is 1.38 bits per heavy atom. The molecule has 1 saturated heterocycles. The van der Waals surface area contributed by atoms with Crippen LogP contribution in [0.5, 0.6) is 0 Å². The molecule has 112 valence electrons. The van der Waals surface area contributed by atoms with Gasteiger partial charge in [0, 0.05) is 32.7 Å². The number of hydrogen-bond acceptors (Lipinski definition) is 6. The molecule has 0 radical (unpaired) electrons. The number of thiophene rings is 1. The lowest BCUT2D eigenvalue weighted by Gasteiger charge is -2.33. The minimum absolute atomic E-state index is 0.198. The zero-order valence-corrected chi connectivity index (χ0v) is 12.4. The maximum absolute atomic E-state index is 11.4. The van der Waals surface area contributed by atoms with Gasteiger partial charge in [0.25, 0.3) is 0 Å². The fourth-order valence-corrected chi connectivity index (χ4v) is 3.03. The highest BCUT2D eigenvalue weighted by Gasteiger charge is 2.21. The summed E-state index contributed by atoms with van der Waals surface area (Å²) in [6.45, 7) is 3.17. The number of carbonyl (C=O) groups is 1. The van der Waals surface area contributed by atoms with Crippen LogP contribution in [0.15, 0.2) is 28.2 Å². The predicted octanol–water partition coefficient (Wildman–Crippen LogP) is 1.04. The highest BCUT2D eigenvalue weighted by atomic mass is 32.1. The van der Waals surface area contributed by atoms with Crippen LogP contribution in [0.1, 0.15) is 5.69 Å². The average Bonchev–Trinajstić information content (AvgIpc) is 3.18. The third-order valence-corrected chi connectivity index (χ3v) is 4.39. The molecule has 3 heterocycles. The molecule has 3 rings (SSSR count). The standard InChI is InChI=1S/C14H17N3O3S/c18-9-13(19)17-5-3-16(4-6-17)8-11-10-20-14(15-11)12-2-1-7-21-12/h1-2,7,10,18H,3-6,8-9H2. The molecule has 0 atom stereocenters. The topological polar surface area (TPSA) is 69.8 Å². The number of amides is 1. The van der Waals surface area contributed by atoms with Crippen LogP contribution >= 0.6 is 11.3 Å². The van der Waals surface area contributed by atoms with Crippen molar-refractivity contribution in [1.82, 2.24) is 14.8 Å². The second kappa shape index (κ2) is 6.38. The summed E-state index contributed by atoms with van der Waals surface area (Å²) in [4.78, 5) is 20.8. The third kappa shape index (κ3) is 3.31. The van der Waals surface area contributed by atoms with Crippen molar-refractivity contribution >= 4 is 17.2 Å². The minimum atomic E-state index is -0.409. The molecule has 1 aliphatic rings. The van der Waals surface area contributed by atoms with Crippen molar-refractivity contribution in [2.45, 2.75) is 6.54 Å². The average molecular weight is 307 g/mol. The van der Waals surface area contributed by atoms with E-state index in [1.54, 1.807) is 22.5 Å². The third-order valence-electron chi connectivity index (χ3n) is 3.53. The van der Waals surface area contributed by atoms with E-state index in [-0.39, 0.29) is 5.91 Å². The Kier molecular flexibility index (Phi) is 4.33. The first-order valence-corrected chi connectivity index (χ1v) is 7.73. The van der Waals surface area contributed by atoms with E-state index in [2.05, 4.69) is 9.88 Å². The highest BCUT2D eigenvalue weighted by molar-refractivity contribution is 7.13. The predicted molar refractivity (Wildman–Crippen MR) is 78.8 cm³/mol. The van der Waals surface area contributed by atoms with Gasteiger partial charge in [-0.25, -0.2) is 4.98 Å². The Hall–Kier alpha value is -1.70. The first-order valence-electron chi connectivity index (χ1n) is 6.85. The van der Waals surface area contributed by atoms with Crippen LogP contribution in [0.25, 0.3) is 10.8 Å². The lowest BCUT2D eigenvalue weighted by molar-refractivity contribution is -0.136. The Labute approximate surface area is 126 Å². The van der Waals surface area contributed by atoms with Crippen LogP contribution in [0.2, 0.25) is 0 Å². The number of oxazole rings is 1. The summed E-state index contributed by atoms with van der Waals surface area (Å²) in [5.41, 5.74) is 0.903. The van der Waals surface area contributed by atoms with Crippen LogP contribution in [0.3, 0.4) is 0 Å². The summed E-state index contributed by atoms with van der Waals surface area (Å²) in [6.07, 6.45) is 1.69. The number of hydrogen-bond donors (Lipinski definition) is 1. The van der Waals surface area contributed by atoms with Gasteiger partial charge >= 0.3 is 0 Å². The molecule has 0 unspecified atom stereocenters. The van der Waals surface area contributed by atoms with E-state index in [4.69, 9.17) is 9.52 Å². The van der Waals surface area contributed by atoms with Crippen molar-refractivity contribution in [3.05, 3.63) is 29.5 Å². The van der Waals surface area contributed by atoms with Gasteiger partial charge in [-0.15, -0.1) is 11.3 Å². The summed E-state index contributed by atoms with van der Waals surface area (Å²) < 4.78 is 5.50. The number of piperazine rings is 1. The molecule has 2 aromatic rings. The summed E-state index contributed by atoms with van der Waals surface area (Å²) in [5, 5.41) is 10.9. The number of rotatable bonds is 4. The second-order valence-electron chi connectivity index (χ2n) is 4.94. The molecular weight excluding hydrogens is 290 g/mol. The van der Waals surface area contributed by atoms with Gasteiger partial charge in [0.05, 0.1) is 10.6 Å². The van der Waals surface area contributed by atoms with Gasteiger partial charge in [0.15, 0.2) is 0 Å². The van der Waals surface area contributed by atoms with Crippen LogP contribution in [-0.4, -0.2) is 58.6 Å². The van der Waals surface area contributed by atoms with Gasteiger partial charge in [-0.2, -0.15) is 0 Å². The smallest absolute Gasteiger partial charge is 0.248 e. The molecule has 6 nitrogen and oxygen atoms in total. The highest BCUT2D eigenvalue weighted by Crippen LogP contribution is 2.24. The molecule has 0 saturated carbocycles. The maximum atomic E-state index is 11.4. The van der Waals surface area contributed by atoms with Gasteiger partial charge in [-0.1, -0.05) is 6.07 Å². The SMILES string of the molecule is O=C(CO)N1CCN(Cc2coc(-c3cccs3)n2)CC1. The zero-order valence-electron chi connectivity index (χ0n) is 11.6. The van der Waals surface area contributed by atoms with E-state index in [0.717, 1.165) is 30.2 Å². The minimum Gasteiger partial charge on any atom is -0.444 e. The molecule has 0 aromatic carbocycles. The summed E-state index contributed by atoms with van der Waals surface area (Å²) in [7, 11) is 0. The van der Waals surface area contributed by atoms with Crippen LogP contribution < -0.4 is 0 Å². The van der Waals surface area contributed by atoms with Crippen molar-refractivity contribution in [1.29, 1.82) is 0 Å². The van der Waals surface area contributed by atoms with Gasteiger partial charge < -0.3 is 14.4 Å². The van der Waals surface area contributed by atoms with Gasteiger partial charge in [-0.3, -0.25) is 9.69 Å². The molecule has 1 N–H and O–H groups in total. The lowest BCUT2D eigenvalue weighted by Crippen LogP contribution is -2.49. The number of aromatic nitrogens is 1. The Morgan fingerprint density at radius 3 is 2.86 bits per heavy atom. The van der Waals surface area contributed by atoms with E-state index in [1.807, 2.05) is 17.5 Å². The van der Waals surface area contributed by atoms with Crippen molar-refractivity contribution in [2.75, 3.05) is 32.8 Å². The fourth-order valence-electron chi connectivity index (χ4n) is 2.38. The molecule has 21 heavy (non-hydrogen) atoms. The largest absolute Gasteiger partial charge is 0.444 e. The molecule has 0 spiro atoms. The first kappa shape index (κ1) is 14.2. The van der Waals surface area contributed by atoms with Crippen molar-refractivity contribution < 1.29 is 14.3 Å². The molecule has 7 heteroatoms. The van der Waals surface area contributed by atoms with Crippen LogP contribution in [0.4, 0.5) is 0 Å². The molecule has 0 aliphatic carbocycles. The summed E-state index contributed by atoms with van der Waals surface area (Å²) >= 11 is 1.60. The van der Waals surface area contributed by atoms with E-state index in [9.17, 15) is 4.79 Å². The van der Waals surface area contributed by atoms with E-state index in [0.29, 0.717) is 19.0 Å². The molecule has 0 bridgehead atoms. The van der Waals surface area contributed by atoms with Gasteiger partial charge in [-0.05, 0) is 11.4 Å². The monoisotopic (exact) mass is 307 g/mol. The van der Waals surface area contributed by atoms with E-state index < -0.39 is 6.61 Å². The maximum Gasteiger partial charge on any atom is 0.248 e. The zero-order chi connectivity index (χ0) is 14.7.